The molecule has 5 nitrogen and oxygen atoms in total. The third-order valence-electron chi connectivity index (χ3n) is 3.29. The van der Waals surface area contributed by atoms with Crippen LogP contribution in [0.25, 0.3) is 0 Å². The minimum Gasteiger partial charge on any atom is -0.355 e. The average Bonchev–Trinajstić information content (AvgIpc) is 2.53. The Morgan fingerprint density at radius 2 is 1.87 bits per heavy atom. The summed E-state index contributed by atoms with van der Waals surface area (Å²) in [6, 6.07) is 14.2. The van der Waals surface area contributed by atoms with Gasteiger partial charge in [-0.3, -0.25) is 14.9 Å². The topological polar surface area (TPSA) is 72.2 Å². The number of hydrogen-bond donors (Lipinski definition) is 1. The third kappa shape index (κ3) is 5.41. The summed E-state index contributed by atoms with van der Waals surface area (Å²) in [4.78, 5) is 23.2. The van der Waals surface area contributed by atoms with Crippen LogP contribution < -0.4 is 5.32 Å². The third-order valence-corrected chi connectivity index (χ3v) is 4.46. The van der Waals surface area contributed by atoms with Gasteiger partial charge in [0, 0.05) is 29.3 Å². The van der Waals surface area contributed by atoms with Crippen LogP contribution in [0.4, 0.5) is 5.69 Å². The second-order valence-corrected chi connectivity index (χ2v) is 6.20. The van der Waals surface area contributed by atoms with E-state index in [1.54, 1.807) is 23.9 Å². The lowest BCUT2D eigenvalue weighted by Gasteiger charge is -2.07. The minimum absolute atomic E-state index is 0.0313. The van der Waals surface area contributed by atoms with E-state index in [4.69, 9.17) is 0 Å². The van der Waals surface area contributed by atoms with Crippen molar-refractivity contribution in [1.29, 1.82) is 0 Å². The lowest BCUT2D eigenvalue weighted by Crippen LogP contribution is -2.27. The first-order valence-electron chi connectivity index (χ1n) is 7.25. The van der Waals surface area contributed by atoms with Gasteiger partial charge in [0.15, 0.2) is 0 Å². The number of benzene rings is 2. The molecule has 0 aliphatic rings. The van der Waals surface area contributed by atoms with Gasteiger partial charge in [-0.25, -0.2) is 0 Å². The maximum Gasteiger partial charge on any atom is 0.269 e. The summed E-state index contributed by atoms with van der Waals surface area (Å²) in [5.74, 6) is 0.723. The molecule has 1 amide bonds. The molecule has 120 valence electrons. The average molecular weight is 330 g/mol. The Hall–Kier alpha value is -2.34. The molecule has 0 radical (unpaired) electrons. The summed E-state index contributed by atoms with van der Waals surface area (Å²) in [5.41, 5.74) is 2.03. The smallest absolute Gasteiger partial charge is 0.269 e. The Morgan fingerprint density at radius 3 is 2.52 bits per heavy atom. The first kappa shape index (κ1) is 17.0. The van der Waals surface area contributed by atoms with Gasteiger partial charge in [0.05, 0.1) is 11.3 Å². The predicted molar refractivity (Wildman–Crippen MR) is 91.7 cm³/mol. The first-order valence-corrected chi connectivity index (χ1v) is 8.23. The fraction of sp³-hybridized carbons (Fsp3) is 0.235. The normalized spacial score (nSPS) is 10.3. The molecule has 0 saturated carbocycles. The van der Waals surface area contributed by atoms with Gasteiger partial charge in [-0.05, 0) is 24.1 Å². The molecule has 2 rings (SSSR count). The number of nitro groups is 1. The van der Waals surface area contributed by atoms with E-state index in [1.165, 1.54) is 22.6 Å². The van der Waals surface area contributed by atoms with Gasteiger partial charge in [0.2, 0.25) is 5.91 Å². The van der Waals surface area contributed by atoms with Crippen molar-refractivity contribution in [3.05, 3.63) is 69.8 Å². The van der Waals surface area contributed by atoms with Gasteiger partial charge in [0.25, 0.3) is 5.69 Å². The molecular formula is C17H18N2O3S. The zero-order chi connectivity index (χ0) is 16.7. The summed E-state index contributed by atoms with van der Waals surface area (Å²) in [6.07, 6.45) is 0.229. The number of amides is 1. The standard InChI is InChI=1S/C17H18N2O3S/c1-13-4-2-3-5-16(13)23-11-10-18-17(20)12-14-6-8-15(9-7-14)19(21)22/h2-9H,10-12H2,1H3,(H,18,20). The summed E-state index contributed by atoms with van der Waals surface area (Å²) >= 11 is 1.71. The molecule has 0 spiro atoms. The zero-order valence-electron chi connectivity index (χ0n) is 12.8. The van der Waals surface area contributed by atoms with Gasteiger partial charge in [-0.2, -0.15) is 0 Å². The zero-order valence-corrected chi connectivity index (χ0v) is 13.6. The van der Waals surface area contributed by atoms with Crippen LogP contribution in [0.1, 0.15) is 11.1 Å². The number of nitro benzene ring substituents is 1. The number of non-ortho nitro benzene ring substituents is 1. The Labute approximate surface area is 139 Å². The van der Waals surface area contributed by atoms with Crippen LogP contribution in [0.3, 0.4) is 0 Å². The van der Waals surface area contributed by atoms with Gasteiger partial charge >= 0.3 is 0 Å². The lowest BCUT2D eigenvalue weighted by atomic mass is 10.1. The summed E-state index contributed by atoms with van der Waals surface area (Å²) in [5, 5.41) is 13.4. The van der Waals surface area contributed by atoms with Crippen molar-refractivity contribution < 1.29 is 9.72 Å². The monoisotopic (exact) mass is 330 g/mol. The number of thioether (sulfide) groups is 1. The molecule has 2 aromatic rings. The quantitative estimate of drug-likeness (QED) is 0.366. The van der Waals surface area contributed by atoms with E-state index in [0.717, 1.165) is 11.3 Å². The van der Waals surface area contributed by atoms with Crippen molar-refractivity contribution >= 4 is 23.4 Å². The molecule has 0 aliphatic heterocycles. The van der Waals surface area contributed by atoms with Crippen LogP contribution in [0, 0.1) is 17.0 Å². The van der Waals surface area contributed by atoms with Crippen LogP contribution >= 0.6 is 11.8 Å². The van der Waals surface area contributed by atoms with Crippen molar-refractivity contribution in [3.8, 4) is 0 Å². The number of nitrogens with one attached hydrogen (secondary N) is 1. The van der Waals surface area contributed by atoms with Crippen LogP contribution in [0.5, 0.6) is 0 Å². The Kier molecular flexibility index (Phi) is 6.17. The van der Waals surface area contributed by atoms with Crippen LogP contribution in [0.15, 0.2) is 53.4 Å². The number of aryl methyl sites for hydroxylation is 1. The number of nitrogens with zero attached hydrogens (tertiary/aromatic N) is 1. The molecule has 1 N–H and O–H groups in total. The van der Waals surface area contributed by atoms with Gasteiger partial charge in [-0.15, -0.1) is 11.8 Å². The molecule has 0 atom stereocenters. The first-order chi connectivity index (χ1) is 11.1. The molecule has 6 heteroatoms. The molecule has 23 heavy (non-hydrogen) atoms. The van der Waals surface area contributed by atoms with E-state index in [-0.39, 0.29) is 18.0 Å². The molecule has 0 aliphatic carbocycles. The predicted octanol–water partition coefficient (Wildman–Crippen LogP) is 3.35. The van der Waals surface area contributed by atoms with Crippen molar-refractivity contribution in [3.63, 3.8) is 0 Å². The molecule has 0 aromatic heterocycles. The lowest BCUT2D eigenvalue weighted by molar-refractivity contribution is -0.384. The highest BCUT2D eigenvalue weighted by atomic mass is 32.2. The summed E-state index contributed by atoms with van der Waals surface area (Å²) in [7, 11) is 0. The number of carbonyl (C=O) groups is 1. The second-order valence-electron chi connectivity index (χ2n) is 5.06. The van der Waals surface area contributed by atoms with E-state index < -0.39 is 4.92 Å². The fourth-order valence-corrected chi connectivity index (χ4v) is 2.95. The molecule has 0 heterocycles. The van der Waals surface area contributed by atoms with E-state index in [9.17, 15) is 14.9 Å². The molecule has 0 fully saturated rings. The SMILES string of the molecule is Cc1ccccc1SCCNC(=O)Cc1ccc([N+](=O)[O-])cc1. The number of carbonyl (C=O) groups excluding carboxylic acids is 1. The Bertz CT molecular complexity index is 686. The van der Waals surface area contributed by atoms with E-state index in [2.05, 4.69) is 24.4 Å². The van der Waals surface area contributed by atoms with Gasteiger partial charge < -0.3 is 5.32 Å². The largest absolute Gasteiger partial charge is 0.355 e. The second kappa shape index (κ2) is 8.33. The minimum atomic E-state index is -0.452. The molecule has 0 unspecified atom stereocenters. The highest BCUT2D eigenvalue weighted by Gasteiger charge is 2.07. The number of hydrogen-bond acceptors (Lipinski definition) is 4. The Morgan fingerprint density at radius 1 is 1.17 bits per heavy atom. The van der Waals surface area contributed by atoms with Crippen molar-refractivity contribution in [1.82, 2.24) is 5.32 Å². The highest BCUT2D eigenvalue weighted by Crippen LogP contribution is 2.20. The van der Waals surface area contributed by atoms with Crippen LogP contribution in [-0.4, -0.2) is 23.1 Å². The maximum atomic E-state index is 11.9. The van der Waals surface area contributed by atoms with Crippen LogP contribution in [0.2, 0.25) is 0 Å². The van der Waals surface area contributed by atoms with E-state index >= 15 is 0 Å². The van der Waals surface area contributed by atoms with Crippen LogP contribution in [-0.2, 0) is 11.2 Å². The molecular weight excluding hydrogens is 312 g/mol. The van der Waals surface area contributed by atoms with Crippen molar-refractivity contribution in [2.24, 2.45) is 0 Å². The van der Waals surface area contributed by atoms with Crippen molar-refractivity contribution in [2.45, 2.75) is 18.2 Å². The molecule has 0 saturated heterocycles. The van der Waals surface area contributed by atoms with E-state index in [1.807, 2.05) is 12.1 Å². The highest BCUT2D eigenvalue weighted by molar-refractivity contribution is 7.99. The van der Waals surface area contributed by atoms with Gasteiger partial charge in [0.1, 0.15) is 0 Å². The van der Waals surface area contributed by atoms with E-state index in [0.29, 0.717) is 6.54 Å². The Balaban J connectivity index is 1.73. The summed E-state index contributed by atoms with van der Waals surface area (Å²) in [6.45, 7) is 2.65. The fourth-order valence-electron chi connectivity index (χ4n) is 2.05. The van der Waals surface area contributed by atoms with Gasteiger partial charge in [-0.1, -0.05) is 30.3 Å². The molecule has 2 aromatic carbocycles. The van der Waals surface area contributed by atoms with Crippen molar-refractivity contribution in [2.75, 3.05) is 12.3 Å². The molecule has 0 bridgehead atoms. The maximum absolute atomic E-state index is 11.9. The number of rotatable bonds is 7. The summed E-state index contributed by atoms with van der Waals surface area (Å²) < 4.78 is 0.